The molecule has 0 unspecified atom stereocenters. The average molecular weight is 280 g/mol. The van der Waals surface area contributed by atoms with Crippen molar-refractivity contribution in [2.24, 2.45) is 0 Å². The summed E-state index contributed by atoms with van der Waals surface area (Å²) in [5.41, 5.74) is 0. The van der Waals surface area contributed by atoms with Crippen molar-refractivity contribution in [1.29, 1.82) is 0 Å². The molecule has 2 rings (SSSR count). The average Bonchev–Trinajstić information content (AvgIpc) is 2.28. The van der Waals surface area contributed by atoms with Gasteiger partial charge in [-0.25, -0.2) is 17.2 Å². The predicted molar refractivity (Wildman–Crippen MR) is 59.4 cm³/mol. The molecule has 0 radical (unpaired) electrons. The first kappa shape index (κ1) is 13.1. The molecule has 0 spiro atoms. The zero-order valence-corrected chi connectivity index (χ0v) is 10.1. The van der Waals surface area contributed by atoms with E-state index in [0.717, 1.165) is 0 Å². The lowest BCUT2D eigenvalue weighted by molar-refractivity contribution is 0.464. The fourth-order valence-electron chi connectivity index (χ4n) is 1.77. The van der Waals surface area contributed by atoms with Gasteiger partial charge in [0.1, 0.15) is 9.84 Å². The minimum absolute atomic E-state index is 0.00401. The third-order valence-electron chi connectivity index (χ3n) is 2.78. The van der Waals surface area contributed by atoms with Crippen LogP contribution in [0.1, 0.15) is 12.8 Å². The highest BCUT2D eigenvalue weighted by Gasteiger charge is 2.24. The molecule has 0 bridgehead atoms. The van der Waals surface area contributed by atoms with Crippen molar-refractivity contribution in [2.75, 3.05) is 16.8 Å². The van der Waals surface area contributed by atoms with E-state index in [1.807, 2.05) is 0 Å². The van der Waals surface area contributed by atoms with Crippen LogP contribution in [-0.2, 0) is 9.84 Å². The number of sulfone groups is 1. The number of nitrogens with zero attached hydrogens (tertiary/aromatic N) is 1. The fourth-order valence-corrected chi connectivity index (χ4v) is 3.26. The highest BCUT2D eigenvalue weighted by atomic mass is 32.2. The molecular formula is C10H11F3N2O2S. The molecule has 8 heteroatoms. The van der Waals surface area contributed by atoms with Crippen molar-refractivity contribution in [3.63, 3.8) is 0 Å². The summed E-state index contributed by atoms with van der Waals surface area (Å²) in [5.74, 6) is -4.14. The number of nitrogens with one attached hydrogen (secondary N) is 1. The predicted octanol–water partition coefficient (Wildman–Crippen LogP) is 1.49. The van der Waals surface area contributed by atoms with Crippen molar-refractivity contribution in [2.45, 2.75) is 18.9 Å². The number of anilines is 1. The van der Waals surface area contributed by atoms with Crippen LogP contribution in [0.15, 0.2) is 6.07 Å². The Morgan fingerprint density at radius 1 is 1.17 bits per heavy atom. The monoisotopic (exact) mass is 280 g/mol. The highest BCUT2D eigenvalue weighted by molar-refractivity contribution is 7.91. The first-order valence-corrected chi connectivity index (χ1v) is 7.18. The zero-order valence-electron chi connectivity index (χ0n) is 9.29. The zero-order chi connectivity index (χ0) is 13.3. The van der Waals surface area contributed by atoms with E-state index < -0.39 is 33.2 Å². The molecule has 100 valence electrons. The Balaban J connectivity index is 2.09. The van der Waals surface area contributed by atoms with Crippen LogP contribution in [0.4, 0.5) is 19.0 Å². The van der Waals surface area contributed by atoms with Gasteiger partial charge in [-0.05, 0) is 12.8 Å². The van der Waals surface area contributed by atoms with Crippen LogP contribution < -0.4 is 5.32 Å². The molecule has 1 N–H and O–H groups in total. The number of halogens is 3. The number of pyridine rings is 1. The van der Waals surface area contributed by atoms with Gasteiger partial charge in [0, 0.05) is 12.1 Å². The normalized spacial score (nSPS) is 19.7. The van der Waals surface area contributed by atoms with Gasteiger partial charge in [0.2, 0.25) is 0 Å². The van der Waals surface area contributed by atoms with Crippen LogP contribution in [0, 0.1) is 17.6 Å². The van der Waals surface area contributed by atoms with Gasteiger partial charge in [-0.2, -0.15) is 9.37 Å². The molecule has 0 atom stereocenters. The number of aromatic nitrogens is 1. The van der Waals surface area contributed by atoms with E-state index in [1.165, 1.54) is 0 Å². The second kappa shape index (κ2) is 4.75. The molecule has 1 aliphatic heterocycles. The van der Waals surface area contributed by atoms with E-state index in [4.69, 9.17) is 0 Å². The molecule has 1 fully saturated rings. The molecule has 1 aliphatic rings. The van der Waals surface area contributed by atoms with Crippen molar-refractivity contribution >= 4 is 15.7 Å². The largest absolute Gasteiger partial charge is 0.365 e. The van der Waals surface area contributed by atoms with Gasteiger partial charge in [0.15, 0.2) is 17.5 Å². The molecule has 0 aromatic carbocycles. The SMILES string of the molecule is O=S1(=O)CCC(Nc2nc(F)c(F)cc2F)CC1. The highest BCUT2D eigenvalue weighted by Crippen LogP contribution is 2.20. The summed E-state index contributed by atoms with van der Waals surface area (Å²) < 4.78 is 61.2. The van der Waals surface area contributed by atoms with Crippen LogP contribution in [0.3, 0.4) is 0 Å². The smallest absolute Gasteiger partial charge is 0.251 e. The van der Waals surface area contributed by atoms with Gasteiger partial charge in [0.05, 0.1) is 11.5 Å². The maximum atomic E-state index is 13.3. The van der Waals surface area contributed by atoms with Crippen LogP contribution in [-0.4, -0.2) is 30.9 Å². The van der Waals surface area contributed by atoms with E-state index in [1.54, 1.807) is 0 Å². The van der Waals surface area contributed by atoms with Gasteiger partial charge >= 0.3 is 0 Å². The Kier molecular flexibility index (Phi) is 3.47. The van der Waals surface area contributed by atoms with Gasteiger partial charge in [-0.15, -0.1) is 0 Å². The standard InChI is InChI=1S/C10H11F3N2O2S/c11-7-5-8(12)10(15-9(7)13)14-6-1-3-18(16,17)4-2-6/h5-6H,1-4H2,(H,14,15). The minimum atomic E-state index is -3.02. The lowest BCUT2D eigenvalue weighted by Crippen LogP contribution is -2.32. The maximum absolute atomic E-state index is 13.3. The second-order valence-electron chi connectivity index (χ2n) is 4.16. The van der Waals surface area contributed by atoms with Crippen molar-refractivity contribution in [3.8, 4) is 0 Å². The van der Waals surface area contributed by atoms with Crippen molar-refractivity contribution < 1.29 is 21.6 Å². The molecule has 1 aromatic heterocycles. The van der Waals surface area contributed by atoms with Gasteiger partial charge in [-0.3, -0.25) is 0 Å². The molecule has 18 heavy (non-hydrogen) atoms. The maximum Gasteiger partial charge on any atom is 0.251 e. The van der Waals surface area contributed by atoms with E-state index >= 15 is 0 Å². The summed E-state index contributed by atoms with van der Waals surface area (Å²) in [6.07, 6.45) is 0.588. The Labute approximate surface area is 102 Å². The quantitative estimate of drug-likeness (QED) is 0.834. The van der Waals surface area contributed by atoms with Gasteiger partial charge < -0.3 is 5.32 Å². The summed E-state index contributed by atoms with van der Waals surface area (Å²) in [4.78, 5) is 3.13. The number of hydrogen-bond donors (Lipinski definition) is 1. The van der Waals surface area contributed by atoms with Gasteiger partial charge in [0.25, 0.3) is 5.95 Å². The third kappa shape index (κ3) is 2.92. The minimum Gasteiger partial charge on any atom is -0.365 e. The third-order valence-corrected chi connectivity index (χ3v) is 4.50. The lowest BCUT2D eigenvalue weighted by Gasteiger charge is -2.23. The van der Waals surface area contributed by atoms with E-state index in [0.29, 0.717) is 18.9 Å². The first-order chi connectivity index (χ1) is 8.37. The lowest BCUT2D eigenvalue weighted by atomic mass is 10.1. The van der Waals surface area contributed by atoms with E-state index in [-0.39, 0.29) is 17.5 Å². The van der Waals surface area contributed by atoms with Crippen LogP contribution in [0.25, 0.3) is 0 Å². The molecule has 4 nitrogen and oxygen atoms in total. The second-order valence-corrected chi connectivity index (χ2v) is 6.47. The summed E-state index contributed by atoms with van der Waals surface area (Å²) >= 11 is 0. The molecule has 2 heterocycles. The Bertz CT molecular complexity index is 548. The Morgan fingerprint density at radius 3 is 2.39 bits per heavy atom. The molecule has 0 saturated carbocycles. The Hall–Kier alpha value is -1.31. The summed E-state index contributed by atoms with van der Waals surface area (Å²) in [6.45, 7) is 0. The molecule has 1 aromatic rings. The first-order valence-electron chi connectivity index (χ1n) is 5.36. The topological polar surface area (TPSA) is 59.1 Å². The van der Waals surface area contributed by atoms with Crippen LogP contribution >= 0.6 is 0 Å². The fraction of sp³-hybridized carbons (Fsp3) is 0.500. The van der Waals surface area contributed by atoms with Crippen LogP contribution in [0.5, 0.6) is 0 Å². The van der Waals surface area contributed by atoms with Crippen molar-refractivity contribution in [1.82, 2.24) is 4.98 Å². The van der Waals surface area contributed by atoms with Crippen LogP contribution in [0.2, 0.25) is 0 Å². The summed E-state index contributed by atoms with van der Waals surface area (Å²) in [6, 6.07) is 0.102. The van der Waals surface area contributed by atoms with E-state index in [2.05, 4.69) is 10.3 Å². The number of hydrogen-bond acceptors (Lipinski definition) is 4. The Morgan fingerprint density at radius 2 is 1.78 bits per heavy atom. The summed E-state index contributed by atoms with van der Waals surface area (Å²) in [7, 11) is -3.02. The molecule has 0 aliphatic carbocycles. The summed E-state index contributed by atoms with van der Waals surface area (Å²) in [5, 5.41) is 2.60. The van der Waals surface area contributed by atoms with Crippen molar-refractivity contribution in [3.05, 3.63) is 23.6 Å². The van der Waals surface area contributed by atoms with E-state index in [9.17, 15) is 21.6 Å². The molecule has 1 saturated heterocycles. The van der Waals surface area contributed by atoms with Gasteiger partial charge in [-0.1, -0.05) is 0 Å². The molecule has 0 amide bonds. The number of rotatable bonds is 2. The molecular weight excluding hydrogens is 269 g/mol.